The van der Waals surface area contributed by atoms with Crippen molar-refractivity contribution in [1.29, 1.82) is 0 Å². The number of anilines is 5. The zero-order valence-electron chi connectivity index (χ0n) is 84.8. The Morgan fingerprint density at radius 1 is 0.357 bits per heavy atom. The van der Waals surface area contributed by atoms with Gasteiger partial charge in [-0.05, 0) is 125 Å². The van der Waals surface area contributed by atoms with Crippen molar-refractivity contribution in [3.05, 3.63) is 137 Å². The van der Waals surface area contributed by atoms with Crippen molar-refractivity contribution in [2.45, 2.75) is 117 Å². The van der Waals surface area contributed by atoms with Crippen LogP contribution in [-0.2, 0) is 81.8 Å². The molecule has 43 nitrogen and oxygen atoms in total. The molecule has 7 atom stereocenters. The molecular weight excluding hydrogens is 1940 g/mol. The average Bonchev–Trinajstić information content (AvgIpc) is 0.539. The summed E-state index contributed by atoms with van der Waals surface area (Å²) in [5, 5.41) is 2.60. The lowest BCUT2D eigenvalue weighted by Gasteiger charge is -2.34. The van der Waals surface area contributed by atoms with Crippen LogP contribution in [0.1, 0.15) is 91.0 Å². The number of aromatic nitrogens is 15. The number of morpholine rings is 5. The number of hydrogen-bond donors (Lipinski definition) is 2. The van der Waals surface area contributed by atoms with Gasteiger partial charge in [0.2, 0.25) is 11.8 Å². The molecule has 7 saturated heterocycles. The van der Waals surface area contributed by atoms with E-state index in [-0.39, 0.29) is 52.3 Å². The molecule has 2 amide bonds. The van der Waals surface area contributed by atoms with Crippen molar-refractivity contribution < 1.29 is 73.3 Å². The van der Waals surface area contributed by atoms with Gasteiger partial charge in [0.05, 0.1) is 167 Å². The van der Waals surface area contributed by atoms with Crippen LogP contribution in [0.15, 0.2) is 119 Å². The van der Waals surface area contributed by atoms with Crippen LogP contribution < -0.4 is 45.0 Å². The van der Waals surface area contributed by atoms with Gasteiger partial charge in [0.1, 0.15) is 40.5 Å². The number of hydrogen-bond acceptors (Lipinski definition) is 41. The summed E-state index contributed by atoms with van der Waals surface area (Å²) in [5.74, 6) is 7.93. The number of pyridine rings is 5. The lowest BCUT2D eigenvalue weighted by atomic mass is 10.1. The van der Waals surface area contributed by atoms with Gasteiger partial charge in [-0.3, -0.25) is 14.6 Å². The highest BCUT2D eigenvalue weighted by atomic mass is 32.2. The Kier molecular flexibility index (Phi) is 36.2. The van der Waals surface area contributed by atoms with Gasteiger partial charge < -0.3 is 78.2 Å². The summed E-state index contributed by atoms with van der Waals surface area (Å²) in [6.07, 6.45) is 14.5. The van der Waals surface area contributed by atoms with E-state index in [0.29, 0.717) is 235 Å². The Morgan fingerprint density at radius 3 is 0.895 bits per heavy atom. The topological polar surface area (TPSA) is 512 Å². The molecule has 3 N–H and O–H groups in total. The second-order valence-corrected chi connectivity index (χ2v) is 49.2. The second-order valence-electron chi connectivity index (χ2n) is 36.4. The normalized spacial score (nSPS) is 19.2. The summed E-state index contributed by atoms with van der Waals surface area (Å²) < 4.78 is 134. The van der Waals surface area contributed by atoms with Crippen LogP contribution in [-0.4, -0.2) is 344 Å². The van der Waals surface area contributed by atoms with Crippen LogP contribution in [0.25, 0.3) is 56.9 Å². The second kappa shape index (κ2) is 47.8. The fourth-order valence-electron chi connectivity index (χ4n) is 15.7. The minimum absolute atomic E-state index is 0.0788. The van der Waals surface area contributed by atoms with Gasteiger partial charge in [0.15, 0.2) is 58.2 Å². The molecule has 770 valence electrons. The van der Waals surface area contributed by atoms with Gasteiger partial charge in [-0.15, -0.1) is 0 Å². The van der Waals surface area contributed by atoms with Crippen LogP contribution in [0.2, 0.25) is 0 Å². The molecule has 143 heavy (non-hydrogen) atoms. The molecule has 17 heterocycles. The first-order valence-corrected chi connectivity index (χ1v) is 57.6. The van der Waals surface area contributed by atoms with Crippen molar-refractivity contribution in [3.63, 3.8) is 0 Å². The van der Waals surface area contributed by atoms with Crippen molar-refractivity contribution in [2.24, 2.45) is 27.5 Å². The Morgan fingerprint density at radius 2 is 0.629 bits per heavy atom. The first-order valence-electron chi connectivity index (χ1n) is 46.6. The molecular formula is C95H129N27O16S5. The highest BCUT2D eigenvalue weighted by molar-refractivity contribution is 7.94. The van der Waals surface area contributed by atoms with Gasteiger partial charge in [0, 0.05) is 223 Å². The maximum absolute atomic E-state index is 13.1. The highest BCUT2D eigenvalue weighted by Crippen LogP contribution is 2.37. The third kappa shape index (κ3) is 30.4. The van der Waals surface area contributed by atoms with E-state index < -0.39 is 54.6 Å². The van der Waals surface area contributed by atoms with E-state index >= 15 is 0 Å². The van der Waals surface area contributed by atoms with Crippen LogP contribution in [0.3, 0.4) is 0 Å². The molecule has 7 fully saturated rings. The summed E-state index contributed by atoms with van der Waals surface area (Å²) in [4.78, 5) is 102. The number of carbonyl (C=O) groups is 2. The average molecular weight is 2070 g/mol. The minimum atomic E-state index is -2.48. The molecule has 0 aliphatic carbocycles. The first-order chi connectivity index (χ1) is 67.8. The van der Waals surface area contributed by atoms with Gasteiger partial charge in [-0.1, -0.05) is 0 Å². The summed E-state index contributed by atoms with van der Waals surface area (Å²) in [6.45, 7) is 33.6. The van der Waals surface area contributed by atoms with Crippen LogP contribution in [0.4, 0.5) is 58.2 Å². The van der Waals surface area contributed by atoms with E-state index in [1.165, 1.54) is 0 Å². The van der Waals surface area contributed by atoms with Gasteiger partial charge >= 0.3 is 0 Å². The summed E-state index contributed by atoms with van der Waals surface area (Å²) >= 11 is 0. The number of amides is 2. The van der Waals surface area contributed by atoms with Gasteiger partial charge in [-0.25, -0.2) is 90.8 Å². The van der Waals surface area contributed by atoms with Gasteiger partial charge in [-0.2, -0.15) is 21.8 Å². The predicted octanol–water partition coefficient (Wildman–Crippen LogP) is 10.6. The predicted molar refractivity (Wildman–Crippen MR) is 556 cm³/mol. The molecule has 7 aliphatic heterocycles. The van der Waals surface area contributed by atoms with Crippen molar-refractivity contribution >= 4 is 119 Å². The molecule has 17 rings (SSSR count). The first kappa shape index (κ1) is 108. The molecule has 7 aliphatic rings. The van der Waals surface area contributed by atoms with Crippen molar-refractivity contribution in [2.75, 3.05) is 221 Å². The van der Waals surface area contributed by atoms with Gasteiger partial charge in [0.25, 0.3) is 11.8 Å². The lowest BCUT2D eigenvalue weighted by Crippen LogP contribution is -2.44. The lowest BCUT2D eigenvalue weighted by molar-refractivity contribution is 0.0430. The van der Waals surface area contributed by atoms with Crippen LogP contribution in [0.5, 0.6) is 11.8 Å². The van der Waals surface area contributed by atoms with Crippen molar-refractivity contribution in [1.82, 2.24) is 80.1 Å². The van der Waals surface area contributed by atoms with E-state index in [2.05, 4.69) is 134 Å². The summed E-state index contributed by atoms with van der Waals surface area (Å²) in [7, 11) is -8.94. The Labute approximate surface area is 837 Å². The Balaban J connectivity index is 0.000000150. The third-order valence-corrected chi connectivity index (χ3v) is 28.9. The molecule has 0 aromatic carbocycles. The Hall–Kier alpha value is -11.8. The van der Waals surface area contributed by atoms with E-state index in [4.69, 9.17) is 68.3 Å². The van der Waals surface area contributed by atoms with Crippen LogP contribution >= 0.6 is 0 Å². The molecule has 10 aromatic rings. The fraction of sp³-hybridized carbons (Fsp3) is 0.505. The molecule has 0 spiro atoms. The zero-order valence-corrected chi connectivity index (χ0v) is 88.8. The maximum atomic E-state index is 13.1. The number of nitrogens with two attached hydrogens (primary N) is 1. The highest BCUT2D eigenvalue weighted by Gasteiger charge is 2.33. The monoisotopic (exact) mass is 2060 g/mol. The molecule has 0 radical (unpaired) electrons. The quantitative estimate of drug-likeness (QED) is 0.0636. The molecule has 0 bridgehead atoms. The number of carbonyl (C=O) groups excluding carboxylic acids is 2. The number of rotatable bonds is 22. The SMILES string of the molecule is CCNC(=O)c1cc(-c2nc(N=S(C)(C)=O)cc(N3CCOC[C@H]3C)n2)cc(C)n1.COc1cc(-c2nc(N=[S@@](C)(=O)C3COC3)cc(N3CCOC[C@H]3C)n2)cc(C)n1.COc1cc(-c2nc(N=[S@](C)(=O)C3COC3)cc(N3CCOC[C@H]3C)n2)cc(C)n1.Cc1cc(-c2nc(N=S(C)(C)=O)cc(N3CCOC[C@H]3C)n2)cc(C(N)=O)n1.Cc1cc(-c2nc(N=S(C)(C)=O)cc(N3CCOC[C@H]3C)n2)ccn1. The summed E-state index contributed by atoms with van der Waals surface area (Å²) in [6, 6.07) is 27.7. The molecule has 0 saturated carbocycles. The largest absolute Gasteiger partial charge is 0.481 e. The van der Waals surface area contributed by atoms with E-state index in [9.17, 15) is 30.6 Å². The molecule has 0 unspecified atom stereocenters. The third-order valence-electron chi connectivity index (χ3n) is 22.9. The fourth-order valence-corrected chi connectivity index (χ4v) is 20.0. The zero-order chi connectivity index (χ0) is 103. The molecule has 10 aromatic heterocycles. The van der Waals surface area contributed by atoms with Crippen LogP contribution in [0, 0.1) is 34.6 Å². The van der Waals surface area contributed by atoms with E-state index in [0.717, 1.165) is 57.8 Å². The maximum Gasteiger partial charge on any atom is 0.269 e. The number of nitrogens with zero attached hydrogens (tertiary/aromatic N) is 25. The number of ether oxygens (including phenoxy) is 9. The minimum Gasteiger partial charge on any atom is -0.481 e. The number of nitrogens with one attached hydrogen (secondary N) is 1. The van der Waals surface area contributed by atoms with E-state index in [1.54, 1.807) is 138 Å². The number of primary amides is 1. The molecule has 48 heteroatoms. The van der Waals surface area contributed by atoms with E-state index in [1.807, 2.05) is 71.9 Å². The standard InChI is InChI=1S/C20H28N6O3S.2C20H27N5O4S.C18H24N6O3S.C17H23N5O2S/c1-6-21-20(27)16-10-15(9-13(2)22-16)19-23-17(25-30(4,5)28)11-18(24-19)26-7-8-29-12-14(26)3;2*1-13-7-15(8-19(21-13)27-3)20-22-17(24-30(4,26)16-11-29-12-16)9-18(23-20)25-5-6-28-10-14(25)2;1-11-7-13(8-14(20-11)17(19)25)18-21-15(23-28(3,4)26)9-16(22-18)24-5-6-27-10-12(24)2;1-12-9-14(5-6-18-12)17-19-15(21-25(3,4)23)10-16(20-17)22-7-8-24-11-13(22)2/h9-11,14H,6-8,12H2,1-5H3,(H,21,27);2*7-9,14,16H,5-6,10-12H2,1-4H3;7-9,12H,5-6,10H2,1-4H3,(H2,19,25);5-6,9-10,13H,7-8,11H2,1-4H3/t14-;14-,30+;14-,30-;12-;13-/m11111/s1. The Bertz CT molecular complexity index is 6790. The number of methoxy groups -OCH3 is 2. The smallest absolute Gasteiger partial charge is 0.269 e. The van der Waals surface area contributed by atoms with Crippen molar-refractivity contribution in [3.8, 4) is 68.7 Å². The number of aryl methyl sites for hydroxylation is 5. The summed E-state index contributed by atoms with van der Waals surface area (Å²) in [5.41, 5.74) is 13.3.